The predicted molar refractivity (Wildman–Crippen MR) is 79.4 cm³/mol. The van der Waals surface area contributed by atoms with Gasteiger partial charge in [-0.1, -0.05) is 60.8 Å². The molecular formula is C15H24BrN. The molecule has 0 fully saturated rings. The van der Waals surface area contributed by atoms with Crippen LogP contribution >= 0.6 is 15.9 Å². The van der Waals surface area contributed by atoms with E-state index in [1.807, 2.05) is 0 Å². The fourth-order valence-electron chi connectivity index (χ4n) is 2.35. The Balaban J connectivity index is 2.82. The quantitative estimate of drug-likeness (QED) is 0.792. The zero-order valence-electron chi connectivity index (χ0n) is 11.4. The molecule has 0 bridgehead atoms. The third-order valence-electron chi connectivity index (χ3n) is 3.37. The lowest BCUT2D eigenvalue weighted by atomic mass is 9.92. The summed E-state index contributed by atoms with van der Waals surface area (Å²) in [7, 11) is 2.05. The van der Waals surface area contributed by atoms with E-state index in [0.29, 0.717) is 6.04 Å². The highest BCUT2D eigenvalue weighted by Crippen LogP contribution is 2.31. The second kappa shape index (κ2) is 7.17. The molecule has 1 aromatic carbocycles. The molecule has 0 aliphatic rings. The summed E-state index contributed by atoms with van der Waals surface area (Å²) in [6.45, 7) is 6.75. The highest BCUT2D eigenvalue weighted by Gasteiger charge is 2.16. The van der Waals surface area contributed by atoms with Crippen molar-refractivity contribution in [3.8, 4) is 0 Å². The van der Waals surface area contributed by atoms with Gasteiger partial charge in [0.15, 0.2) is 0 Å². The van der Waals surface area contributed by atoms with Gasteiger partial charge in [-0.2, -0.15) is 0 Å². The van der Waals surface area contributed by atoms with Gasteiger partial charge in [0.1, 0.15) is 0 Å². The number of aryl methyl sites for hydroxylation is 1. The van der Waals surface area contributed by atoms with E-state index < -0.39 is 0 Å². The number of rotatable bonds is 6. The first kappa shape index (κ1) is 14.7. The van der Waals surface area contributed by atoms with Crippen LogP contribution in [-0.2, 0) is 0 Å². The van der Waals surface area contributed by atoms with Crippen molar-refractivity contribution < 1.29 is 0 Å². The van der Waals surface area contributed by atoms with Crippen LogP contribution in [-0.4, -0.2) is 7.05 Å². The molecule has 0 aliphatic carbocycles. The van der Waals surface area contributed by atoms with Gasteiger partial charge in [0.05, 0.1) is 0 Å². The standard InChI is InChI=1S/C15H24BrN/c1-5-7-11(2)10-14(17-4)13-9-6-8-12(3)15(13)16/h6,8-9,11,14,17H,5,7,10H2,1-4H3. The van der Waals surface area contributed by atoms with Crippen LogP contribution < -0.4 is 5.32 Å². The van der Waals surface area contributed by atoms with Gasteiger partial charge in [0, 0.05) is 10.5 Å². The minimum atomic E-state index is 0.450. The van der Waals surface area contributed by atoms with E-state index in [1.54, 1.807) is 0 Å². The van der Waals surface area contributed by atoms with Crippen molar-refractivity contribution in [2.24, 2.45) is 5.92 Å². The fraction of sp³-hybridized carbons (Fsp3) is 0.600. The Bertz CT molecular complexity index is 349. The number of halogens is 1. The molecule has 1 N–H and O–H groups in total. The Morgan fingerprint density at radius 2 is 2.06 bits per heavy atom. The maximum Gasteiger partial charge on any atom is 0.0331 e. The molecule has 1 nitrogen and oxygen atoms in total. The molecule has 0 aromatic heterocycles. The molecular weight excluding hydrogens is 274 g/mol. The van der Waals surface area contributed by atoms with E-state index in [9.17, 15) is 0 Å². The zero-order valence-corrected chi connectivity index (χ0v) is 13.0. The summed E-state index contributed by atoms with van der Waals surface area (Å²) in [5.41, 5.74) is 2.70. The highest BCUT2D eigenvalue weighted by molar-refractivity contribution is 9.10. The molecule has 2 heteroatoms. The Morgan fingerprint density at radius 1 is 1.35 bits per heavy atom. The topological polar surface area (TPSA) is 12.0 Å². The summed E-state index contributed by atoms with van der Waals surface area (Å²) in [6.07, 6.45) is 3.78. The number of hydrogen-bond acceptors (Lipinski definition) is 1. The van der Waals surface area contributed by atoms with Gasteiger partial charge in [0.2, 0.25) is 0 Å². The van der Waals surface area contributed by atoms with Crippen LogP contribution in [0.25, 0.3) is 0 Å². The molecule has 1 rings (SSSR count). The van der Waals surface area contributed by atoms with Crippen molar-refractivity contribution in [1.82, 2.24) is 5.32 Å². The van der Waals surface area contributed by atoms with Crippen molar-refractivity contribution in [2.45, 2.75) is 46.1 Å². The summed E-state index contributed by atoms with van der Waals surface area (Å²) >= 11 is 3.71. The van der Waals surface area contributed by atoms with Crippen molar-refractivity contribution in [3.63, 3.8) is 0 Å². The second-order valence-corrected chi connectivity index (χ2v) is 5.74. The molecule has 2 unspecified atom stereocenters. The molecule has 0 saturated carbocycles. The summed E-state index contributed by atoms with van der Waals surface area (Å²) < 4.78 is 1.25. The lowest BCUT2D eigenvalue weighted by Gasteiger charge is -2.22. The van der Waals surface area contributed by atoms with Gasteiger partial charge in [-0.15, -0.1) is 0 Å². The first-order valence-corrected chi connectivity index (χ1v) is 7.31. The number of hydrogen-bond donors (Lipinski definition) is 1. The summed E-state index contributed by atoms with van der Waals surface area (Å²) in [5.74, 6) is 0.768. The molecule has 1 aromatic rings. The highest BCUT2D eigenvalue weighted by atomic mass is 79.9. The van der Waals surface area contributed by atoms with E-state index in [-0.39, 0.29) is 0 Å². The lowest BCUT2D eigenvalue weighted by molar-refractivity contribution is 0.406. The predicted octanol–water partition coefficient (Wildman–Crippen LogP) is 4.84. The van der Waals surface area contributed by atoms with Crippen LogP contribution in [0, 0.1) is 12.8 Å². The first-order valence-electron chi connectivity index (χ1n) is 6.52. The molecule has 96 valence electrons. The normalized spacial score (nSPS) is 14.6. The van der Waals surface area contributed by atoms with Gasteiger partial charge in [-0.3, -0.25) is 0 Å². The minimum absolute atomic E-state index is 0.450. The summed E-state index contributed by atoms with van der Waals surface area (Å²) in [6, 6.07) is 6.96. The third-order valence-corrected chi connectivity index (χ3v) is 4.45. The smallest absolute Gasteiger partial charge is 0.0331 e. The van der Waals surface area contributed by atoms with Crippen molar-refractivity contribution in [3.05, 3.63) is 33.8 Å². The second-order valence-electron chi connectivity index (χ2n) is 4.95. The van der Waals surface area contributed by atoms with Gasteiger partial charge in [-0.25, -0.2) is 0 Å². The molecule has 0 amide bonds. The largest absolute Gasteiger partial charge is 0.313 e. The van der Waals surface area contributed by atoms with Crippen LogP contribution in [0.4, 0.5) is 0 Å². The maximum atomic E-state index is 3.71. The molecule has 17 heavy (non-hydrogen) atoms. The van der Waals surface area contributed by atoms with Crippen molar-refractivity contribution in [2.75, 3.05) is 7.05 Å². The molecule has 0 saturated heterocycles. The van der Waals surface area contributed by atoms with E-state index in [4.69, 9.17) is 0 Å². The fourth-order valence-corrected chi connectivity index (χ4v) is 2.89. The van der Waals surface area contributed by atoms with E-state index >= 15 is 0 Å². The Morgan fingerprint density at radius 3 is 2.65 bits per heavy atom. The van der Waals surface area contributed by atoms with Crippen LogP contribution in [0.1, 0.15) is 50.3 Å². The van der Waals surface area contributed by atoms with Crippen LogP contribution in [0.3, 0.4) is 0 Å². The van der Waals surface area contributed by atoms with Gasteiger partial charge in [0.25, 0.3) is 0 Å². The number of nitrogens with one attached hydrogen (secondary N) is 1. The molecule has 0 radical (unpaired) electrons. The average molecular weight is 298 g/mol. The van der Waals surface area contributed by atoms with Crippen molar-refractivity contribution >= 4 is 15.9 Å². The average Bonchev–Trinajstić information content (AvgIpc) is 2.30. The summed E-state index contributed by atoms with van der Waals surface area (Å²) in [4.78, 5) is 0. The SMILES string of the molecule is CCCC(C)CC(NC)c1cccc(C)c1Br. The maximum absolute atomic E-state index is 3.71. The Kier molecular flexibility index (Phi) is 6.21. The minimum Gasteiger partial charge on any atom is -0.313 e. The van der Waals surface area contributed by atoms with E-state index in [0.717, 1.165) is 5.92 Å². The third kappa shape index (κ3) is 4.11. The van der Waals surface area contributed by atoms with E-state index in [1.165, 1.54) is 34.9 Å². The van der Waals surface area contributed by atoms with Crippen molar-refractivity contribution in [1.29, 1.82) is 0 Å². The molecule has 2 atom stereocenters. The number of benzene rings is 1. The lowest BCUT2D eigenvalue weighted by Crippen LogP contribution is -2.19. The monoisotopic (exact) mass is 297 g/mol. The van der Waals surface area contributed by atoms with Crippen LogP contribution in [0.5, 0.6) is 0 Å². The van der Waals surface area contributed by atoms with Gasteiger partial charge in [-0.05, 0) is 37.4 Å². The first-order chi connectivity index (χ1) is 8.10. The van der Waals surface area contributed by atoms with Crippen LogP contribution in [0.15, 0.2) is 22.7 Å². The molecule has 0 spiro atoms. The Hall–Kier alpha value is -0.340. The van der Waals surface area contributed by atoms with Gasteiger partial charge < -0.3 is 5.32 Å². The summed E-state index contributed by atoms with van der Waals surface area (Å²) in [5, 5.41) is 3.45. The van der Waals surface area contributed by atoms with Crippen LogP contribution in [0.2, 0.25) is 0 Å². The van der Waals surface area contributed by atoms with Gasteiger partial charge >= 0.3 is 0 Å². The Labute approximate surface area is 114 Å². The zero-order chi connectivity index (χ0) is 12.8. The molecule has 0 aliphatic heterocycles. The molecule has 0 heterocycles. The van der Waals surface area contributed by atoms with E-state index in [2.05, 4.69) is 67.3 Å².